The Bertz CT molecular complexity index is 1120. The van der Waals surface area contributed by atoms with E-state index < -0.39 is 0 Å². The molecule has 2 aliphatic rings. The van der Waals surface area contributed by atoms with Gasteiger partial charge in [0, 0.05) is 64.4 Å². The average molecular weight is 517 g/mol. The van der Waals surface area contributed by atoms with E-state index in [-0.39, 0.29) is 17.7 Å². The van der Waals surface area contributed by atoms with E-state index in [1.54, 1.807) is 25.3 Å². The van der Waals surface area contributed by atoms with Crippen molar-refractivity contribution in [2.75, 3.05) is 68.7 Å². The number of carbonyl (C=O) groups excluding carboxylic acids is 2. The zero-order valence-corrected chi connectivity index (χ0v) is 22.0. The van der Waals surface area contributed by atoms with Crippen molar-refractivity contribution in [3.63, 3.8) is 0 Å². The standard InChI is InChI=1S/C25H33ClN6O4/c1-16(2)24(34)31-7-9-32(10-8-31)25-27-15-19(26)23(29-25)28-18-13-17-5-6-21(33)30(3)22(17)20(14-18)36-12-11-35-4/h13-16H,5-12H2,1-4H3,(H,27,28,29). The first-order valence-electron chi connectivity index (χ1n) is 12.2. The number of piperazine rings is 1. The van der Waals surface area contributed by atoms with Gasteiger partial charge < -0.3 is 29.5 Å². The molecule has 0 saturated carbocycles. The SMILES string of the molecule is COCCOc1cc(Nc2nc(N3CCN(C(=O)C(C)C)CC3)ncc2Cl)cc2c1N(C)C(=O)CC2. The van der Waals surface area contributed by atoms with Gasteiger partial charge in [-0.2, -0.15) is 4.98 Å². The van der Waals surface area contributed by atoms with Gasteiger partial charge in [-0.25, -0.2) is 4.98 Å². The molecular formula is C25H33ClN6O4. The smallest absolute Gasteiger partial charge is 0.227 e. The summed E-state index contributed by atoms with van der Waals surface area (Å²) in [4.78, 5) is 39.3. The van der Waals surface area contributed by atoms with Crippen LogP contribution in [0.2, 0.25) is 5.02 Å². The van der Waals surface area contributed by atoms with E-state index in [4.69, 9.17) is 21.1 Å². The maximum atomic E-state index is 12.3. The van der Waals surface area contributed by atoms with Crippen LogP contribution < -0.4 is 19.9 Å². The third-order valence-electron chi connectivity index (χ3n) is 6.38. The first-order valence-corrected chi connectivity index (χ1v) is 12.5. The number of fused-ring (bicyclic) bond motifs is 1. The number of aromatic nitrogens is 2. The molecule has 1 aromatic heterocycles. The van der Waals surface area contributed by atoms with Gasteiger partial charge in [-0.15, -0.1) is 0 Å². The van der Waals surface area contributed by atoms with E-state index in [1.807, 2.05) is 30.9 Å². The van der Waals surface area contributed by atoms with Gasteiger partial charge in [0.2, 0.25) is 17.8 Å². The van der Waals surface area contributed by atoms with Crippen molar-refractivity contribution < 1.29 is 19.1 Å². The van der Waals surface area contributed by atoms with Gasteiger partial charge in [0.25, 0.3) is 0 Å². The number of hydrogen-bond donors (Lipinski definition) is 1. The number of halogens is 1. The van der Waals surface area contributed by atoms with Crippen molar-refractivity contribution in [1.82, 2.24) is 14.9 Å². The quantitative estimate of drug-likeness (QED) is 0.534. The summed E-state index contributed by atoms with van der Waals surface area (Å²) in [6.45, 7) is 7.18. The lowest BCUT2D eigenvalue weighted by molar-refractivity contribution is -0.134. The predicted octanol–water partition coefficient (Wildman–Crippen LogP) is 3.11. The third kappa shape index (κ3) is 5.65. The van der Waals surface area contributed by atoms with Gasteiger partial charge >= 0.3 is 0 Å². The number of rotatable bonds is 8. The zero-order valence-electron chi connectivity index (χ0n) is 21.2. The van der Waals surface area contributed by atoms with Crippen LogP contribution in [0.1, 0.15) is 25.8 Å². The highest BCUT2D eigenvalue weighted by molar-refractivity contribution is 6.32. The van der Waals surface area contributed by atoms with Gasteiger partial charge in [0.15, 0.2) is 5.82 Å². The molecule has 11 heteroatoms. The summed E-state index contributed by atoms with van der Waals surface area (Å²) in [5, 5.41) is 3.70. The Balaban J connectivity index is 1.55. The Labute approximate surface area is 216 Å². The molecule has 1 N–H and O–H groups in total. The Kier molecular flexibility index (Phi) is 8.15. The van der Waals surface area contributed by atoms with Crippen LogP contribution in [0.25, 0.3) is 0 Å². The fraction of sp³-hybridized carbons (Fsp3) is 0.520. The van der Waals surface area contributed by atoms with Gasteiger partial charge in [-0.1, -0.05) is 25.4 Å². The summed E-state index contributed by atoms with van der Waals surface area (Å²) in [7, 11) is 3.38. The zero-order chi connectivity index (χ0) is 25.8. The van der Waals surface area contributed by atoms with Crippen LogP contribution in [-0.2, 0) is 20.7 Å². The highest BCUT2D eigenvalue weighted by Gasteiger charge is 2.27. The van der Waals surface area contributed by atoms with E-state index in [1.165, 1.54) is 0 Å². The van der Waals surface area contributed by atoms with Crippen molar-refractivity contribution in [3.8, 4) is 5.75 Å². The number of carbonyl (C=O) groups is 2. The molecule has 194 valence electrons. The van der Waals surface area contributed by atoms with Gasteiger partial charge in [0.05, 0.1) is 18.5 Å². The van der Waals surface area contributed by atoms with Crippen molar-refractivity contribution in [2.24, 2.45) is 5.92 Å². The van der Waals surface area contributed by atoms with E-state index in [0.29, 0.717) is 74.8 Å². The lowest BCUT2D eigenvalue weighted by Crippen LogP contribution is -2.50. The number of nitrogens with zero attached hydrogens (tertiary/aromatic N) is 5. The Morgan fingerprint density at radius 2 is 1.92 bits per heavy atom. The molecular weight excluding hydrogens is 484 g/mol. The van der Waals surface area contributed by atoms with E-state index in [9.17, 15) is 9.59 Å². The summed E-state index contributed by atoms with van der Waals surface area (Å²) in [5.74, 6) is 1.83. The van der Waals surface area contributed by atoms with Crippen LogP contribution in [0.5, 0.6) is 5.75 Å². The molecule has 0 atom stereocenters. The van der Waals surface area contributed by atoms with Crippen LogP contribution in [0.15, 0.2) is 18.3 Å². The first-order chi connectivity index (χ1) is 17.3. The highest BCUT2D eigenvalue weighted by atomic mass is 35.5. The second-order valence-electron chi connectivity index (χ2n) is 9.23. The number of benzene rings is 1. The third-order valence-corrected chi connectivity index (χ3v) is 6.66. The molecule has 2 aromatic rings. The monoisotopic (exact) mass is 516 g/mol. The van der Waals surface area contributed by atoms with Crippen molar-refractivity contribution in [1.29, 1.82) is 0 Å². The van der Waals surface area contributed by atoms with Gasteiger partial charge in [0.1, 0.15) is 17.4 Å². The maximum Gasteiger partial charge on any atom is 0.227 e. The van der Waals surface area contributed by atoms with Gasteiger partial charge in [-0.05, 0) is 18.1 Å². The van der Waals surface area contributed by atoms with Crippen LogP contribution in [-0.4, -0.2) is 80.2 Å². The molecule has 0 bridgehead atoms. The lowest BCUT2D eigenvalue weighted by atomic mass is 10.00. The van der Waals surface area contributed by atoms with Crippen molar-refractivity contribution in [3.05, 3.63) is 28.9 Å². The highest BCUT2D eigenvalue weighted by Crippen LogP contribution is 2.40. The van der Waals surface area contributed by atoms with Crippen LogP contribution in [0, 0.1) is 5.92 Å². The molecule has 3 heterocycles. The maximum absolute atomic E-state index is 12.3. The fourth-order valence-corrected chi connectivity index (χ4v) is 4.55. The molecule has 0 unspecified atom stereocenters. The van der Waals surface area contributed by atoms with Crippen LogP contribution >= 0.6 is 11.6 Å². The molecule has 36 heavy (non-hydrogen) atoms. The minimum atomic E-state index is -0.0166. The first kappa shape index (κ1) is 26.0. The Hall–Kier alpha value is -3.11. The topological polar surface area (TPSA) is 100 Å². The average Bonchev–Trinajstić information content (AvgIpc) is 2.87. The van der Waals surface area contributed by atoms with Crippen molar-refractivity contribution in [2.45, 2.75) is 26.7 Å². The molecule has 0 aliphatic carbocycles. The lowest BCUT2D eigenvalue weighted by Gasteiger charge is -2.35. The molecule has 10 nitrogen and oxygen atoms in total. The van der Waals surface area contributed by atoms with Crippen LogP contribution in [0.4, 0.5) is 23.1 Å². The van der Waals surface area contributed by atoms with E-state index >= 15 is 0 Å². The number of methoxy groups -OCH3 is 1. The molecule has 4 rings (SSSR count). The molecule has 1 fully saturated rings. The number of amides is 2. The minimum Gasteiger partial charge on any atom is -0.489 e. The molecule has 0 spiro atoms. The van der Waals surface area contributed by atoms with Crippen LogP contribution in [0.3, 0.4) is 0 Å². The Morgan fingerprint density at radius 3 is 2.61 bits per heavy atom. The Morgan fingerprint density at radius 1 is 1.17 bits per heavy atom. The van der Waals surface area contributed by atoms with E-state index in [0.717, 1.165) is 16.9 Å². The predicted molar refractivity (Wildman–Crippen MR) is 139 cm³/mol. The summed E-state index contributed by atoms with van der Waals surface area (Å²) < 4.78 is 11.1. The largest absolute Gasteiger partial charge is 0.489 e. The number of ether oxygens (including phenoxy) is 2. The minimum absolute atomic E-state index is 0.0166. The molecule has 2 aliphatic heterocycles. The number of nitrogens with one attached hydrogen (secondary N) is 1. The molecule has 2 amide bonds. The molecule has 1 aromatic carbocycles. The van der Waals surface area contributed by atoms with E-state index in [2.05, 4.69) is 20.2 Å². The normalized spacial score (nSPS) is 15.8. The summed E-state index contributed by atoms with van der Waals surface area (Å²) in [6.07, 6.45) is 2.64. The number of anilines is 4. The molecule has 1 saturated heterocycles. The summed E-state index contributed by atoms with van der Waals surface area (Å²) in [6, 6.07) is 3.84. The fourth-order valence-electron chi connectivity index (χ4n) is 4.41. The number of aryl methyl sites for hydroxylation is 1. The van der Waals surface area contributed by atoms with Crippen molar-refractivity contribution >= 4 is 46.6 Å². The molecule has 0 radical (unpaired) electrons. The second-order valence-corrected chi connectivity index (χ2v) is 9.64. The summed E-state index contributed by atoms with van der Waals surface area (Å²) >= 11 is 6.45. The summed E-state index contributed by atoms with van der Waals surface area (Å²) in [5.41, 5.74) is 2.53. The second kappa shape index (κ2) is 11.3. The number of hydrogen-bond acceptors (Lipinski definition) is 8. The van der Waals surface area contributed by atoms with Gasteiger partial charge in [-0.3, -0.25) is 9.59 Å².